The molecule has 3 aromatic carbocycles. The topological polar surface area (TPSA) is 45.6 Å². The Labute approximate surface area is 198 Å². The Morgan fingerprint density at radius 1 is 0.941 bits per heavy atom. The van der Waals surface area contributed by atoms with E-state index in [0.29, 0.717) is 5.57 Å². The molecular formula is C29H25N3O2. The zero-order chi connectivity index (χ0) is 23.2. The molecule has 0 radical (unpaired) electrons. The maximum absolute atomic E-state index is 13.4. The van der Waals surface area contributed by atoms with Crippen LogP contribution in [0.2, 0.25) is 0 Å². The van der Waals surface area contributed by atoms with Crippen LogP contribution >= 0.6 is 0 Å². The number of nitrogens with zero attached hydrogens (tertiary/aromatic N) is 3. The summed E-state index contributed by atoms with van der Waals surface area (Å²) in [6.45, 7) is 0.992. The first kappa shape index (κ1) is 20.5. The molecule has 0 fully saturated rings. The molecule has 0 N–H and O–H groups in total. The highest BCUT2D eigenvalue weighted by Crippen LogP contribution is 2.37. The fraction of sp³-hybridized carbons (Fsp3) is 0.172. The molecule has 3 heterocycles. The number of aryl methyl sites for hydroxylation is 1. The van der Waals surface area contributed by atoms with E-state index in [1.54, 1.807) is 11.9 Å². The molecule has 2 aliphatic rings. The molecule has 5 heteroatoms. The number of fused-ring (bicyclic) bond motifs is 3. The van der Waals surface area contributed by atoms with E-state index in [1.165, 1.54) is 5.56 Å². The third-order valence-electron chi connectivity index (χ3n) is 6.93. The summed E-state index contributed by atoms with van der Waals surface area (Å²) in [5.41, 5.74) is 6.71. The first-order valence-electron chi connectivity index (χ1n) is 11.7. The first-order valence-corrected chi connectivity index (χ1v) is 11.7. The standard InChI is InChI=1S/C29H25N3O2/c1-30-26-14-6-4-12-23(26)24(29(30)34)17-21-18-31(27-15-7-3-11-22(21)27)19-28(33)32-16-8-10-20-9-2-5-13-25(20)32/h2-7,9,11-15,17-18H,8,10,16,19H2,1H3/b24-17+. The van der Waals surface area contributed by atoms with Gasteiger partial charge in [-0.05, 0) is 42.7 Å². The van der Waals surface area contributed by atoms with Crippen molar-refractivity contribution in [2.24, 2.45) is 0 Å². The SMILES string of the molecule is CN1C(=O)/C(=C/c2cn(CC(=O)N3CCCc4ccccc43)c3ccccc23)c2ccccc21. The molecule has 0 aliphatic carbocycles. The summed E-state index contributed by atoms with van der Waals surface area (Å²) in [4.78, 5) is 30.0. The Kier molecular flexibility index (Phi) is 4.84. The maximum atomic E-state index is 13.4. The van der Waals surface area contributed by atoms with Gasteiger partial charge < -0.3 is 14.4 Å². The van der Waals surface area contributed by atoms with Crippen molar-refractivity contribution in [3.8, 4) is 0 Å². The number of anilines is 2. The van der Waals surface area contributed by atoms with Gasteiger partial charge in [0.25, 0.3) is 5.91 Å². The minimum Gasteiger partial charge on any atom is -0.337 e. The van der Waals surface area contributed by atoms with Crippen LogP contribution < -0.4 is 9.80 Å². The monoisotopic (exact) mass is 447 g/mol. The Morgan fingerprint density at radius 3 is 2.56 bits per heavy atom. The van der Waals surface area contributed by atoms with Crippen molar-refractivity contribution in [2.45, 2.75) is 19.4 Å². The van der Waals surface area contributed by atoms with Gasteiger partial charge in [-0.25, -0.2) is 0 Å². The van der Waals surface area contributed by atoms with Gasteiger partial charge in [0.15, 0.2) is 0 Å². The number of hydrogen-bond donors (Lipinski definition) is 0. The van der Waals surface area contributed by atoms with Gasteiger partial charge in [0.2, 0.25) is 5.91 Å². The summed E-state index contributed by atoms with van der Waals surface area (Å²) in [6.07, 6.45) is 5.94. The van der Waals surface area contributed by atoms with Crippen molar-refractivity contribution < 1.29 is 9.59 Å². The number of amides is 2. The van der Waals surface area contributed by atoms with Crippen molar-refractivity contribution in [3.63, 3.8) is 0 Å². The Hall–Kier alpha value is -4.12. The zero-order valence-electron chi connectivity index (χ0n) is 19.1. The van der Waals surface area contributed by atoms with Crippen LogP contribution in [0.5, 0.6) is 0 Å². The quantitative estimate of drug-likeness (QED) is 0.409. The minimum absolute atomic E-state index is 0.0148. The smallest absolute Gasteiger partial charge is 0.258 e. The molecule has 2 aliphatic heterocycles. The Balaban J connectivity index is 1.39. The molecule has 0 spiro atoms. The van der Waals surface area contributed by atoms with Crippen molar-refractivity contribution in [1.29, 1.82) is 0 Å². The predicted molar refractivity (Wildman–Crippen MR) is 137 cm³/mol. The molecule has 4 aromatic rings. The second-order valence-corrected chi connectivity index (χ2v) is 8.95. The molecule has 0 unspecified atom stereocenters. The summed E-state index contributed by atoms with van der Waals surface area (Å²) in [5, 5.41) is 1.03. The van der Waals surface area contributed by atoms with Crippen molar-refractivity contribution >= 4 is 45.7 Å². The number of carbonyl (C=O) groups is 2. The van der Waals surface area contributed by atoms with Crippen LogP contribution in [0, 0.1) is 0 Å². The highest BCUT2D eigenvalue weighted by atomic mass is 16.2. The second kappa shape index (κ2) is 8.03. The molecule has 0 atom stereocenters. The van der Waals surface area contributed by atoms with Crippen LogP contribution in [0.3, 0.4) is 0 Å². The number of carbonyl (C=O) groups excluding carboxylic acids is 2. The summed E-state index contributed by atoms with van der Waals surface area (Å²) < 4.78 is 2.01. The van der Waals surface area contributed by atoms with E-state index in [1.807, 2.05) is 88.5 Å². The average Bonchev–Trinajstić information content (AvgIpc) is 3.34. The molecule has 168 valence electrons. The van der Waals surface area contributed by atoms with E-state index >= 15 is 0 Å². The van der Waals surface area contributed by atoms with Gasteiger partial charge >= 0.3 is 0 Å². The summed E-state index contributed by atoms with van der Waals surface area (Å²) in [5.74, 6) is 0.0631. The fourth-order valence-electron chi connectivity index (χ4n) is 5.24. The summed E-state index contributed by atoms with van der Waals surface area (Å²) >= 11 is 0. The second-order valence-electron chi connectivity index (χ2n) is 8.95. The van der Waals surface area contributed by atoms with Gasteiger partial charge in [0.05, 0.1) is 5.69 Å². The van der Waals surface area contributed by atoms with Crippen LogP contribution in [0.1, 0.15) is 23.1 Å². The van der Waals surface area contributed by atoms with Gasteiger partial charge in [-0.1, -0.05) is 54.6 Å². The lowest BCUT2D eigenvalue weighted by molar-refractivity contribution is -0.119. The Morgan fingerprint density at radius 2 is 1.68 bits per heavy atom. The van der Waals surface area contributed by atoms with Crippen molar-refractivity contribution in [2.75, 3.05) is 23.4 Å². The molecule has 6 rings (SSSR count). The lowest BCUT2D eigenvalue weighted by atomic mass is 10.0. The van der Waals surface area contributed by atoms with Crippen LogP contribution in [0.25, 0.3) is 22.6 Å². The van der Waals surface area contributed by atoms with Crippen LogP contribution in [0.15, 0.2) is 79.0 Å². The van der Waals surface area contributed by atoms with Gasteiger partial charge in [0.1, 0.15) is 6.54 Å². The molecule has 2 amide bonds. The summed E-state index contributed by atoms with van der Waals surface area (Å²) in [6, 6.07) is 24.1. The van der Waals surface area contributed by atoms with Gasteiger partial charge in [-0.15, -0.1) is 0 Å². The lowest BCUT2D eigenvalue weighted by Gasteiger charge is -2.29. The predicted octanol–water partition coefficient (Wildman–Crippen LogP) is 5.14. The third kappa shape index (κ3) is 3.24. The third-order valence-corrected chi connectivity index (χ3v) is 6.93. The lowest BCUT2D eigenvalue weighted by Crippen LogP contribution is -2.37. The molecule has 5 nitrogen and oxygen atoms in total. The average molecular weight is 448 g/mol. The van der Waals surface area contributed by atoms with Crippen LogP contribution in [-0.4, -0.2) is 30.0 Å². The number of aromatic nitrogens is 1. The maximum Gasteiger partial charge on any atom is 0.258 e. The highest BCUT2D eigenvalue weighted by Gasteiger charge is 2.29. The molecule has 0 saturated heterocycles. The minimum atomic E-state index is -0.0148. The number of rotatable bonds is 3. The first-order chi connectivity index (χ1) is 16.6. The van der Waals surface area contributed by atoms with E-state index in [9.17, 15) is 9.59 Å². The molecular weight excluding hydrogens is 422 g/mol. The number of para-hydroxylation sites is 3. The molecule has 0 saturated carbocycles. The highest BCUT2D eigenvalue weighted by molar-refractivity contribution is 6.36. The summed E-state index contributed by atoms with van der Waals surface area (Å²) in [7, 11) is 1.81. The van der Waals surface area contributed by atoms with E-state index < -0.39 is 0 Å². The largest absolute Gasteiger partial charge is 0.337 e. The van der Waals surface area contributed by atoms with E-state index in [4.69, 9.17) is 0 Å². The molecule has 34 heavy (non-hydrogen) atoms. The van der Waals surface area contributed by atoms with Gasteiger partial charge in [-0.2, -0.15) is 0 Å². The van der Waals surface area contributed by atoms with Crippen LogP contribution in [0.4, 0.5) is 11.4 Å². The van der Waals surface area contributed by atoms with E-state index in [0.717, 1.165) is 52.8 Å². The number of benzene rings is 3. The van der Waals surface area contributed by atoms with Gasteiger partial charge in [-0.3, -0.25) is 9.59 Å². The normalized spacial score (nSPS) is 16.3. The van der Waals surface area contributed by atoms with E-state index in [2.05, 4.69) is 6.07 Å². The van der Waals surface area contributed by atoms with Gasteiger partial charge in [0, 0.05) is 53.1 Å². The van der Waals surface area contributed by atoms with Crippen molar-refractivity contribution in [3.05, 3.63) is 95.7 Å². The van der Waals surface area contributed by atoms with Crippen molar-refractivity contribution in [1.82, 2.24) is 4.57 Å². The number of likely N-dealkylation sites (N-methyl/N-ethyl adjacent to an activating group) is 1. The van der Waals surface area contributed by atoms with E-state index in [-0.39, 0.29) is 18.4 Å². The zero-order valence-corrected chi connectivity index (χ0v) is 19.1. The fourth-order valence-corrected chi connectivity index (χ4v) is 5.24. The molecule has 1 aromatic heterocycles. The number of hydrogen-bond acceptors (Lipinski definition) is 2. The Bertz CT molecular complexity index is 1480. The molecule has 0 bridgehead atoms. The van der Waals surface area contributed by atoms with Crippen LogP contribution in [-0.2, 0) is 22.6 Å².